The van der Waals surface area contributed by atoms with Gasteiger partial charge in [-0.3, -0.25) is 4.79 Å². The molecule has 0 bridgehead atoms. The van der Waals surface area contributed by atoms with Crippen LogP contribution in [0.2, 0.25) is 0 Å². The van der Waals surface area contributed by atoms with Gasteiger partial charge >= 0.3 is 0 Å². The molecule has 1 fully saturated rings. The van der Waals surface area contributed by atoms with Crippen molar-refractivity contribution in [2.24, 2.45) is 0 Å². The Kier molecular flexibility index (Phi) is 4.88. The number of amides is 1. The molecule has 1 amide bonds. The van der Waals surface area contributed by atoms with E-state index >= 15 is 0 Å². The number of hydrogen-bond donors (Lipinski definition) is 1. The zero-order chi connectivity index (χ0) is 14.8. The number of aromatic amines is 1. The van der Waals surface area contributed by atoms with E-state index in [0.29, 0.717) is 0 Å². The lowest BCUT2D eigenvalue weighted by Crippen LogP contribution is -2.38. The third-order valence-electron chi connectivity index (χ3n) is 3.97. The fourth-order valence-electron chi connectivity index (χ4n) is 2.76. The highest BCUT2D eigenvalue weighted by atomic mass is 32.1. The van der Waals surface area contributed by atoms with Gasteiger partial charge in [0.1, 0.15) is 24.2 Å². The predicted molar refractivity (Wildman–Crippen MR) is 87.9 cm³/mol. The highest BCUT2D eigenvalue weighted by molar-refractivity contribution is 7.59. The number of carbonyl (C=O) groups is 1. The van der Waals surface area contributed by atoms with E-state index in [2.05, 4.69) is 19.9 Å². The molecule has 3 heterocycles. The molecule has 2 aromatic rings. The van der Waals surface area contributed by atoms with Gasteiger partial charge in [0.25, 0.3) is 0 Å². The van der Waals surface area contributed by atoms with E-state index in [1.165, 1.54) is 0 Å². The van der Waals surface area contributed by atoms with Crippen LogP contribution in [0.4, 0.5) is 5.82 Å². The van der Waals surface area contributed by atoms with Gasteiger partial charge in [0.15, 0.2) is 0 Å². The Bertz CT molecular complexity index is 709. The normalized spacial score (nSPS) is 17.1. The molecule has 0 spiro atoms. The second-order valence-electron chi connectivity index (χ2n) is 5.17. The van der Waals surface area contributed by atoms with Crippen molar-refractivity contribution in [2.45, 2.75) is 18.9 Å². The Labute approximate surface area is 135 Å². The fraction of sp³-hybridized carbons (Fsp3) is 0.429. The molecule has 7 nitrogen and oxygen atoms in total. The Balaban J connectivity index is 0.00000176. The maximum atomic E-state index is 11.8. The summed E-state index contributed by atoms with van der Waals surface area (Å²) < 4.78 is 0. The van der Waals surface area contributed by atoms with Crippen molar-refractivity contribution in [1.82, 2.24) is 19.9 Å². The smallest absolute Gasteiger partial charge is 0.236 e. The maximum absolute atomic E-state index is 11.8. The molecule has 1 N–H and O–H groups in total. The molecule has 116 valence electrons. The average Bonchev–Trinajstić information content (AvgIpc) is 3.15. The minimum absolute atomic E-state index is 0. The van der Waals surface area contributed by atoms with Gasteiger partial charge in [0.2, 0.25) is 5.91 Å². The summed E-state index contributed by atoms with van der Waals surface area (Å²) >= 11 is 0. The number of nitrogens with zero attached hydrogens (tertiary/aromatic N) is 5. The summed E-state index contributed by atoms with van der Waals surface area (Å²) in [5, 5.41) is 9.61. The lowest BCUT2D eigenvalue weighted by atomic mass is 10.2. The molecular formula is C14H18N6OS. The van der Waals surface area contributed by atoms with Gasteiger partial charge in [-0.25, -0.2) is 9.97 Å². The molecule has 1 saturated heterocycles. The quantitative estimate of drug-likeness (QED) is 0.913. The minimum Gasteiger partial charge on any atom is -0.354 e. The van der Waals surface area contributed by atoms with E-state index in [0.717, 1.165) is 36.4 Å². The largest absolute Gasteiger partial charge is 0.354 e. The van der Waals surface area contributed by atoms with Crippen molar-refractivity contribution in [2.75, 3.05) is 25.0 Å². The Morgan fingerprint density at radius 2 is 2.41 bits per heavy atom. The minimum atomic E-state index is -0.126. The Morgan fingerprint density at radius 3 is 3.18 bits per heavy atom. The zero-order valence-corrected chi connectivity index (χ0v) is 13.3. The predicted octanol–water partition coefficient (Wildman–Crippen LogP) is 1.02. The van der Waals surface area contributed by atoms with Gasteiger partial charge in [-0.05, 0) is 12.5 Å². The van der Waals surface area contributed by atoms with Crippen molar-refractivity contribution in [3.63, 3.8) is 0 Å². The summed E-state index contributed by atoms with van der Waals surface area (Å²) in [5.41, 5.74) is 0.817. The molecule has 1 aliphatic rings. The molecule has 1 aliphatic heterocycles. The first-order valence-electron chi connectivity index (χ1n) is 6.86. The third-order valence-corrected chi connectivity index (χ3v) is 3.97. The van der Waals surface area contributed by atoms with Gasteiger partial charge in [0.05, 0.1) is 17.5 Å². The van der Waals surface area contributed by atoms with Crippen molar-refractivity contribution in [3.05, 3.63) is 18.6 Å². The number of nitriles is 1. The second-order valence-corrected chi connectivity index (χ2v) is 5.17. The third kappa shape index (κ3) is 2.85. The molecule has 3 rings (SSSR count). The molecule has 0 radical (unpaired) electrons. The van der Waals surface area contributed by atoms with Gasteiger partial charge in [-0.2, -0.15) is 18.8 Å². The maximum Gasteiger partial charge on any atom is 0.236 e. The zero-order valence-electron chi connectivity index (χ0n) is 12.3. The number of anilines is 1. The fourth-order valence-corrected chi connectivity index (χ4v) is 2.76. The summed E-state index contributed by atoms with van der Waals surface area (Å²) in [6.07, 6.45) is 4.21. The second kappa shape index (κ2) is 6.66. The summed E-state index contributed by atoms with van der Waals surface area (Å²) in [7, 11) is 1.76. The molecule has 0 saturated carbocycles. The number of nitrogens with one attached hydrogen (secondary N) is 1. The van der Waals surface area contributed by atoms with Crippen LogP contribution in [-0.2, 0) is 4.79 Å². The monoisotopic (exact) mass is 318 g/mol. The molecule has 22 heavy (non-hydrogen) atoms. The Hall–Kier alpha value is -2.27. The van der Waals surface area contributed by atoms with E-state index < -0.39 is 0 Å². The van der Waals surface area contributed by atoms with E-state index in [4.69, 9.17) is 5.26 Å². The first kappa shape index (κ1) is 16.1. The SMILES string of the molecule is CN(C(=O)CC#N)[C@H]1CCN(c2ncnc3[nH]ccc23)C1.S. The number of hydrogen-bond acceptors (Lipinski definition) is 5. The highest BCUT2D eigenvalue weighted by Gasteiger charge is 2.29. The topological polar surface area (TPSA) is 88.9 Å². The van der Waals surface area contributed by atoms with E-state index in [1.54, 1.807) is 18.3 Å². The molecule has 2 aromatic heterocycles. The summed E-state index contributed by atoms with van der Waals surface area (Å²) in [6.45, 7) is 1.57. The van der Waals surface area contributed by atoms with Gasteiger partial charge < -0.3 is 14.8 Å². The van der Waals surface area contributed by atoms with Crippen LogP contribution >= 0.6 is 13.5 Å². The molecule has 0 aromatic carbocycles. The molecule has 1 atom stereocenters. The van der Waals surface area contributed by atoms with Crippen LogP contribution in [0, 0.1) is 11.3 Å². The lowest BCUT2D eigenvalue weighted by molar-refractivity contribution is -0.130. The summed E-state index contributed by atoms with van der Waals surface area (Å²) in [5.74, 6) is 0.767. The van der Waals surface area contributed by atoms with Gasteiger partial charge in [-0.1, -0.05) is 0 Å². The standard InChI is InChI=1S/C14H16N6O.H2S/c1-19(12(21)2-5-15)10-4-7-20(8-10)14-11-3-6-16-13(11)17-9-18-14;/h3,6,9-10H,2,4,7-8H2,1H3,(H,16,17,18);1H2/t10-;/m0./s1. The molecule has 8 heteroatoms. The number of aromatic nitrogens is 3. The first-order valence-corrected chi connectivity index (χ1v) is 6.86. The van der Waals surface area contributed by atoms with Crippen LogP contribution in [0.1, 0.15) is 12.8 Å². The van der Waals surface area contributed by atoms with Gasteiger partial charge in [-0.15, -0.1) is 0 Å². The number of fused-ring (bicyclic) bond motifs is 1. The lowest BCUT2D eigenvalue weighted by Gasteiger charge is -2.24. The van der Waals surface area contributed by atoms with Crippen molar-refractivity contribution >= 4 is 36.3 Å². The van der Waals surface area contributed by atoms with E-state index in [9.17, 15) is 4.79 Å². The van der Waals surface area contributed by atoms with Crippen molar-refractivity contribution in [3.8, 4) is 6.07 Å². The molecule has 0 aliphatic carbocycles. The molecule has 0 unspecified atom stereocenters. The summed E-state index contributed by atoms with van der Waals surface area (Å²) in [6, 6.07) is 3.99. The van der Waals surface area contributed by atoms with Crippen LogP contribution in [0.15, 0.2) is 18.6 Å². The molecular weight excluding hydrogens is 300 g/mol. The van der Waals surface area contributed by atoms with E-state index in [-0.39, 0.29) is 31.9 Å². The Morgan fingerprint density at radius 1 is 1.59 bits per heavy atom. The average molecular weight is 318 g/mol. The first-order chi connectivity index (χ1) is 10.2. The van der Waals surface area contributed by atoms with Crippen molar-refractivity contribution < 1.29 is 4.79 Å². The van der Waals surface area contributed by atoms with E-state index in [1.807, 2.05) is 18.3 Å². The summed E-state index contributed by atoms with van der Waals surface area (Å²) in [4.78, 5) is 27.3. The number of likely N-dealkylation sites (N-methyl/N-ethyl adjacent to an activating group) is 1. The van der Waals surface area contributed by atoms with Crippen LogP contribution in [0.5, 0.6) is 0 Å². The number of carbonyl (C=O) groups excluding carboxylic acids is 1. The van der Waals surface area contributed by atoms with Crippen LogP contribution in [0.3, 0.4) is 0 Å². The van der Waals surface area contributed by atoms with Crippen molar-refractivity contribution in [1.29, 1.82) is 5.26 Å². The number of H-pyrrole nitrogens is 1. The van der Waals surface area contributed by atoms with Gasteiger partial charge in [0, 0.05) is 26.3 Å². The number of rotatable bonds is 3. The van der Waals surface area contributed by atoms with Crippen LogP contribution in [0.25, 0.3) is 11.0 Å². The highest BCUT2D eigenvalue weighted by Crippen LogP contribution is 2.26. The van der Waals surface area contributed by atoms with Crippen LogP contribution in [-0.4, -0.2) is 51.9 Å². The van der Waals surface area contributed by atoms with Crippen LogP contribution < -0.4 is 4.90 Å².